The summed E-state index contributed by atoms with van der Waals surface area (Å²) in [6.07, 6.45) is 8.56. The summed E-state index contributed by atoms with van der Waals surface area (Å²) in [6, 6.07) is 19.6. The molecule has 3 aromatic heterocycles. The fraction of sp³-hybridized carbons (Fsp3) is 0.0714. The predicted molar refractivity (Wildman–Crippen MR) is 130 cm³/mol. The lowest BCUT2D eigenvalue weighted by molar-refractivity contribution is 0.104. The average Bonchev–Trinajstić information content (AvgIpc) is 3.20. The van der Waals surface area contributed by atoms with Crippen LogP contribution >= 0.6 is 0 Å². The van der Waals surface area contributed by atoms with Crippen molar-refractivity contribution in [3.05, 3.63) is 108 Å². The van der Waals surface area contributed by atoms with E-state index in [-0.39, 0.29) is 5.78 Å². The van der Waals surface area contributed by atoms with E-state index in [1.54, 1.807) is 24.7 Å². The van der Waals surface area contributed by atoms with E-state index < -0.39 is 0 Å². The van der Waals surface area contributed by atoms with Gasteiger partial charge in [-0.05, 0) is 49.2 Å². The van der Waals surface area contributed by atoms with Gasteiger partial charge >= 0.3 is 0 Å². The molecule has 0 aliphatic rings. The molecule has 0 atom stereocenters. The molecule has 5 nitrogen and oxygen atoms in total. The van der Waals surface area contributed by atoms with Crippen molar-refractivity contribution in [3.63, 3.8) is 0 Å². The van der Waals surface area contributed by atoms with Gasteiger partial charge in [0.15, 0.2) is 5.78 Å². The molecular formula is C28H21N3O2. The molecule has 0 N–H and O–H groups in total. The molecule has 0 fully saturated rings. The van der Waals surface area contributed by atoms with Crippen LogP contribution in [0.2, 0.25) is 0 Å². The number of hydrogen-bond acceptors (Lipinski definition) is 5. The number of rotatable bonds is 5. The summed E-state index contributed by atoms with van der Waals surface area (Å²) >= 11 is 0. The van der Waals surface area contributed by atoms with Crippen molar-refractivity contribution >= 4 is 22.8 Å². The third-order valence-corrected chi connectivity index (χ3v) is 5.63. The van der Waals surface area contributed by atoms with Crippen molar-refractivity contribution in [2.24, 2.45) is 0 Å². The maximum absolute atomic E-state index is 13.3. The highest BCUT2D eigenvalue weighted by Gasteiger charge is 2.18. The molecule has 5 rings (SSSR count). The van der Waals surface area contributed by atoms with Gasteiger partial charge in [0.1, 0.15) is 5.76 Å². The van der Waals surface area contributed by atoms with Crippen molar-refractivity contribution in [2.75, 3.05) is 0 Å². The Morgan fingerprint density at radius 1 is 0.909 bits per heavy atom. The number of pyridine rings is 2. The van der Waals surface area contributed by atoms with Gasteiger partial charge in [0, 0.05) is 46.2 Å². The summed E-state index contributed by atoms with van der Waals surface area (Å²) < 4.78 is 5.37. The van der Waals surface area contributed by atoms with Crippen LogP contribution in [-0.2, 0) is 0 Å². The molecule has 0 unspecified atom stereocenters. The van der Waals surface area contributed by atoms with Gasteiger partial charge in [-0.15, -0.1) is 0 Å². The largest absolute Gasteiger partial charge is 0.361 e. The third kappa shape index (κ3) is 3.96. The van der Waals surface area contributed by atoms with Gasteiger partial charge in [-0.1, -0.05) is 53.7 Å². The monoisotopic (exact) mass is 431 g/mol. The molecule has 0 bridgehead atoms. The minimum atomic E-state index is -0.116. The second-order valence-electron chi connectivity index (χ2n) is 7.83. The minimum Gasteiger partial charge on any atom is -0.361 e. The zero-order valence-corrected chi connectivity index (χ0v) is 18.3. The Bertz CT molecular complexity index is 1470. The second kappa shape index (κ2) is 8.63. The number of fused-ring (bicyclic) bond motifs is 1. The minimum absolute atomic E-state index is 0.116. The molecule has 2 aromatic carbocycles. The number of carbonyl (C=O) groups excluding carboxylic acids is 1. The molecule has 0 spiro atoms. The number of benzene rings is 2. The lowest BCUT2D eigenvalue weighted by Gasteiger charge is -2.12. The highest BCUT2D eigenvalue weighted by Crippen LogP contribution is 2.35. The Balaban J connectivity index is 1.71. The number of aromatic nitrogens is 3. The Labute approximate surface area is 191 Å². The van der Waals surface area contributed by atoms with Gasteiger partial charge in [-0.2, -0.15) is 0 Å². The Kier molecular flexibility index (Phi) is 5.37. The summed E-state index contributed by atoms with van der Waals surface area (Å²) in [7, 11) is 0. The summed E-state index contributed by atoms with van der Waals surface area (Å²) in [6.45, 7) is 3.82. The lowest BCUT2D eigenvalue weighted by Crippen LogP contribution is -2.01. The maximum atomic E-state index is 13.3. The molecule has 0 aliphatic carbocycles. The molecule has 3 heterocycles. The number of carbonyl (C=O) groups is 1. The highest BCUT2D eigenvalue weighted by molar-refractivity contribution is 6.15. The molecule has 0 radical (unpaired) electrons. The standard InChI is InChI=1S/C28H21N3O2/c1-18-27(19(2)33-31-18)21-11-12-25-23(15-21)28(22-9-6-14-29-16-22)24(17-30-25)26(32)13-10-20-7-4-3-5-8-20/h3-17H,1-2H3. The number of allylic oxidation sites excluding steroid dienone is 1. The number of nitrogens with zero attached hydrogens (tertiary/aromatic N) is 3. The van der Waals surface area contributed by atoms with Crippen molar-refractivity contribution in [2.45, 2.75) is 13.8 Å². The van der Waals surface area contributed by atoms with Gasteiger partial charge in [-0.25, -0.2) is 0 Å². The van der Waals surface area contributed by atoms with Crippen LogP contribution in [0.3, 0.4) is 0 Å². The van der Waals surface area contributed by atoms with Gasteiger partial charge in [0.25, 0.3) is 0 Å². The zero-order valence-electron chi connectivity index (χ0n) is 18.3. The van der Waals surface area contributed by atoms with Crippen LogP contribution in [0, 0.1) is 13.8 Å². The Morgan fingerprint density at radius 2 is 1.76 bits per heavy atom. The molecule has 0 saturated carbocycles. The van der Waals surface area contributed by atoms with Gasteiger partial charge < -0.3 is 4.52 Å². The van der Waals surface area contributed by atoms with E-state index in [4.69, 9.17) is 4.52 Å². The quantitative estimate of drug-likeness (QED) is 0.236. The van der Waals surface area contributed by atoms with Crippen LogP contribution in [0.25, 0.3) is 39.2 Å². The summed E-state index contributed by atoms with van der Waals surface area (Å²) in [5, 5.41) is 4.96. The highest BCUT2D eigenvalue weighted by atomic mass is 16.5. The first-order valence-corrected chi connectivity index (χ1v) is 10.7. The van der Waals surface area contributed by atoms with E-state index >= 15 is 0 Å². The summed E-state index contributed by atoms with van der Waals surface area (Å²) in [4.78, 5) is 22.2. The SMILES string of the molecule is Cc1noc(C)c1-c1ccc2ncc(C(=O)C=Cc3ccccc3)c(-c3cccnc3)c2c1. The lowest BCUT2D eigenvalue weighted by atomic mass is 9.92. The van der Waals surface area contributed by atoms with Crippen molar-refractivity contribution in [1.29, 1.82) is 0 Å². The van der Waals surface area contributed by atoms with Crippen LogP contribution in [0.5, 0.6) is 0 Å². The van der Waals surface area contributed by atoms with E-state index in [2.05, 4.69) is 21.2 Å². The van der Waals surface area contributed by atoms with Crippen LogP contribution in [0.1, 0.15) is 27.4 Å². The molecule has 0 amide bonds. The molecule has 160 valence electrons. The van der Waals surface area contributed by atoms with E-state index in [0.29, 0.717) is 5.56 Å². The smallest absolute Gasteiger partial charge is 0.188 e. The van der Waals surface area contributed by atoms with Gasteiger partial charge in [0.2, 0.25) is 0 Å². The fourth-order valence-electron chi connectivity index (χ4n) is 4.08. The zero-order chi connectivity index (χ0) is 22.8. The Hall–Kier alpha value is -4.38. The van der Waals surface area contributed by atoms with E-state index in [0.717, 1.165) is 50.2 Å². The molecule has 5 heteroatoms. The normalized spacial score (nSPS) is 11.3. The van der Waals surface area contributed by atoms with Crippen LogP contribution < -0.4 is 0 Å². The number of aryl methyl sites for hydroxylation is 2. The molecule has 5 aromatic rings. The molecule has 0 saturated heterocycles. The number of hydrogen-bond donors (Lipinski definition) is 0. The fourth-order valence-corrected chi connectivity index (χ4v) is 4.08. The van der Waals surface area contributed by atoms with Gasteiger partial charge in [-0.3, -0.25) is 14.8 Å². The van der Waals surface area contributed by atoms with Crippen LogP contribution in [0.4, 0.5) is 0 Å². The van der Waals surface area contributed by atoms with Crippen molar-refractivity contribution in [1.82, 2.24) is 15.1 Å². The van der Waals surface area contributed by atoms with E-state index in [1.165, 1.54) is 0 Å². The van der Waals surface area contributed by atoms with Crippen LogP contribution in [-0.4, -0.2) is 20.9 Å². The Morgan fingerprint density at radius 3 is 2.48 bits per heavy atom. The first kappa shape index (κ1) is 20.5. The summed E-state index contributed by atoms with van der Waals surface area (Å²) in [5.41, 5.74) is 6.70. The van der Waals surface area contributed by atoms with Crippen molar-refractivity contribution in [3.8, 4) is 22.3 Å². The number of ketones is 1. The maximum Gasteiger partial charge on any atom is 0.188 e. The average molecular weight is 431 g/mol. The first-order valence-electron chi connectivity index (χ1n) is 10.7. The second-order valence-corrected chi connectivity index (χ2v) is 7.83. The first-order chi connectivity index (χ1) is 16.1. The molecule has 33 heavy (non-hydrogen) atoms. The van der Waals surface area contributed by atoms with Crippen molar-refractivity contribution < 1.29 is 9.32 Å². The summed E-state index contributed by atoms with van der Waals surface area (Å²) in [5.74, 6) is 0.635. The molecular weight excluding hydrogens is 410 g/mol. The topological polar surface area (TPSA) is 68.9 Å². The van der Waals surface area contributed by atoms with Crippen LogP contribution in [0.15, 0.2) is 89.9 Å². The van der Waals surface area contributed by atoms with E-state index in [9.17, 15) is 4.79 Å². The third-order valence-electron chi connectivity index (χ3n) is 5.63. The molecule has 0 aliphatic heterocycles. The van der Waals surface area contributed by atoms with E-state index in [1.807, 2.05) is 74.5 Å². The predicted octanol–water partition coefficient (Wildman–Crippen LogP) is 6.46. The van der Waals surface area contributed by atoms with Gasteiger partial charge in [0.05, 0.1) is 11.2 Å².